The van der Waals surface area contributed by atoms with E-state index in [1.807, 2.05) is 6.92 Å². The summed E-state index contributed by atoms with van der Waals surface area (Å²) >= 11 is 0. The predicted molar refractivity (Wildman–Crippen MR) is 81.9 cm³/mol. The van der Waals surface area contributed by atoms with Crippen LogP contribution < -0.4 is 9.64 Å². The van der Waals surface area contributed by atoms with Crippen LogP contribution in [0.5, 0.6) is 6.01 Å². The molecule has 0 aliphatic rings. The average molecular weight is 343 g/mol. The van der Waals surface area contributed by atoms with Crippen LogP contribution in [0.15, 0.2) is 30.5 Å². The van der Waals surface area contributed by atoms with Gasteiger partial charge in [-0.05, 0) is 24.6 Å². The van der Waals surface area contributed by atoms with Gasteiger partial charge in [0.15, 0.2) is 5.82 Å². The SMILES string of the molecule is CCCCOc1ncc(C(F)(F)F)c(N(C)c2cccc(F)c2)n1. The highest BCUT2D eigenvalue weighted by molar-refractivity contribution is 5.62. The van der Waals surface area contributed by atoms with Crippen molar-refractivity contribution in [3.8, 4) is 6.01 Å². The fourth-order valence-corrected chi connectivity index (χ4v) is 2.00. The molecule has 130 valence electrons. The van der Waals surface area contributed by atoms with Gasteiger partial charge in [0.1, 0.15) is 11.4 Å². The fraction of sp³-hybridized carbons (Fsp3) is 0.375. The lowest BCUT2D eigenvalue weighted by Gasteiger charge is -2.22. The fourth-order valence-electron chi connectivity index (χ4n) is 2.00. The van der Waals surface area contributed by atoms with Crippen LogP contribution in [0.4, 0.5) is 29.1 Å². The van der Waals surface area contributed by atoms with Crippen LogP contribution >= 0.6 is 0 Å². The van der Waals surface area contributed by atoms with E-state index >= 15 is 0 Å². The molecule has 0 amide bonds. The van der Waals surface area contributed by atoms with Crippen LogP contribution in [-0.4, -0.2) is 23.6 Å². The lowest BCUT2D eigenvalue weighted by molar-refractivity contribution is -0.137. The van der Waals surface area contributed by atoms with Crippen molar-refractivity contribution >= 4 is 11.5 Å². The zero-order valence-electron chi connectivity index (χ0n) is 13.3. The van der Waals surface area contributed by atoms with Gasteiger partial charge in [0.2, 0.25) is 0 Å². The molecule has 0 aliphatic carbocycles. The predicted octanol–water partition coefficient (Wildman–Crippen LogP) is 4.58. The van der Waals surface area contributed by atoms with Gasteiger partial charge in [0.05, 0.1) is 6.61 Å². The van der Waals surface area contributed by atoms with Crippen molar-refractivity contribution in [3.63, 3.8) is 0 Å². The number of aromatic nitrogens is 2. The molecule has 1 aromatic heterocycles. The molecule has 0 saturated heterocycles. The second kappa shape index (κ2) is 7.46. The molecule has 0 saturated carbocycles. The zero-order valence-corrected chi connectivity index (χ0v) is 13.3. The first kappa shape index (κ1) is 18.0. The summed E-state index contributed by atoms with van der Waals surface area (Å²) in [4.78, 5) is 8.64. The topological polar surface area (TPSA) is 38.2 Å². The van der Waals surface area contributed by atoms with E-state index in [4.69, 9.17) is 4.74 Å². The third-order valence-electron chi connectivity index (χ3n) is 3.29. The standard InChI is InChI=1S/C16H17F4N3O/c1-3-4-8-24-15-21-10-13(16(18,19)20)14(22-15)23(2)12-7-5-6-11(17)9-12/h5-7,9-10H,3-4,8H2,1-2H3. The average Bonchev–Trinajstić information content (AvgIpc) is 2.53. The monoisotopic (exact) mass is 343 g/mol. The normalized spacial score (nSPS) is 11.4. The Bertz CT molecular complexity index is 691. The number of anilines is 2. The third-order valence-corrected chi connectivity index (χ3v) is 3.29. The lowest BCUT2D eigenvalue weighted by Crippen LogP contribution is -2.19. The Hall–Kier alpha value is -2.38. The molecular weight excluding hydrogens is 326 g/mol. The van der Waals surface area contributed by atoms with Gasteiger partial charge in [-0.1, -0.05) is 19.4 Å². The summed E-state index contributed by atoms with van der Waals surface area (Å²) in [6, 6.07) is 5.09. The van der Waals surface area contributed by atoms with E-state index in [9.17, 15) is 17.6 Å². The van der Waals surface area contributed by atoms with Crippen LogP contribution in [0.1, 0.15) is 25.3 Å². The molecule has 1 aromatic carbocycles. The quantitative estimate of drug-likeness (QED) is 0.568. The number of unbranched alkanes of at least 4 members (excludes halogenated alkanes) is 1. The lowest BCUT2D eigenvalue weighted by atomic mass is 10.2. The third kappa shape index (κ3) is 4.33. The van der Waals surface area contributed by atoms with Gasteiger partial charge in [-0.2, -0.15) is 18.2 Å². The molecule has 0 bridgehead atoms. The molecule has 2 rings (SSSR count). The van der Waals surface area contributed by atoms with E-state index in [1.54, 1.807) is 0 Å². The Morgan fingerprint density at radius 3 is 2.62 bits per heavy atom. The Kier molecular flexibility index (Phi) is 5.58. The number of nitrogens with zero attached hydrogens (tertiary/aromatic N) is 3. The van der Waals surface area contributed by atoms with Gasteiger partial charge >= 0.3 is 12.2 Å². The summed E-state index contributed by atoms with van der Waals surface area (Å²) in [7, 11) is 1.38. The first-order valence-corrected chi connectivity index (χ1v) is 7.39. The second-order valence-corrected chi connectivity index (χ2v) is 5.13. The number of alkyl halides is 3. The maximum atomic E-state index is 13.4. The number of hydrogen-bond acceptors (Lipinski definition) is 4. The highest BCUT2D eigenvalue weighted by atomic mass is 19.4. The molecule has 0 atom stereocenters. The maximum absolute atomic E-state index is 13.4. The van der Waals surface area contributed by atoms with E-state index in [0.717, 1.165) is 23.8 Å². The Balaban J connectivity index is 2.41. The van der Waals surface area contributed by atoms with Crippen LogP contribution in [-0.2, 0) is 6.18 Å². The van der Waals surface area contributed by atoms with Crippen molar-refractivity contribution in [2.75, 3.05) is 18.6 Å². The van der Waals surface area contributed by atoms with Gasteiger partial charge < -0.3 is 9.64 Å². The zero-order chi connectivity index (χ0) is 17.7. The van der Waals surface area contributed by atoms with E-state index in [0.29, 0.717) is 12.8 Å². The largest absolute Gasteiger partial charge is 0.463 e. The first-order valence-electron chi connectivity index (χ1n) is 7.39. The van der Waals surface area contributed by atoms with Crippen molar-refractivity contribution < 1.29 is 22.3 Å². The summed E-state index contributed by atoms with van der Waals surface area (Å²) in [5.41, 5.74) is -0.782. The van der Waals surface area contributed by atoms with Crippen LogP contribution in [0.25, 0.3) is 0 Å². The molecule has 0 radical (unpaired) electrons. The molecule has 0 fully saturated rings. The van der Waals surface area contributed by atoms with Crippen molar-refractivity contribution in [3.05, 3.63) is 41.8 Å². The van der Waals surface area contributed by atoms with E-state index < -0.39 is 23.4 Å². The molecule has 0 N–H and O–H groups in total. The Labute approximate surface area is 137 Å². The van der Waals surface area contributed by atoms with Crippen molar-refractivity contribution in [1.29, 1.82) is 0 Å². The highest BCUT2D eigenvalue weighted by Crippen LogP contribution is 2.37. The maximum Gasteiger partial charge on any atom is 0.421 e. The van der Waals surface area contributed by atoms with Gasteiger partial charge in [-0.3, -0.25) is 0 Å². The smallest absolute Gasteiger partial charge is 0.421 e. The van der Waals surface area contributed by atoms with E-state index in [2.05, 4.69) is 9.97 Å². The molecule has 0 aliphatic heterocycles. The van der Waals surface area contributed by atoms with Crippen molar-refractivity contribution in [2.24, 2.45) is 0 Å². The number of benzene rings is 1. The number of ether oxygens (including phenoxy) is 1. The van der Waals surface area contributed by atoms with Crippen LogP contribution in [0, 0.1) is 5.82 Å². The molecule has 2 aromatic rings. The number of rotatable bonds is 6. The molecule has 0 unspecified atom stereocenters. The van der Waals surface area contributed by atoms with Gasteiger partial charge in [-0.15, -0.1) is 0 Å². The van der Waals surface area contributed by atoms with Gasteiger partial charge in [0.25, 0.3) is 0 Å². The van der Waals surface area contributed by atoms with Crippen LogP contribution in [0.2, 0.25) is 0 Å². The van der Waals surface area contributed by atoms with Gasteiger partial charge in [-0.25, -0.2) is 9.37 Å². The highest BCUT2D eigenvalue weighted by Gasteiger charge is 2.36. The van der Waals surface area contributed by atoms with Gasteiger partial charge in [0, 0.05) is 18.9 Å². The summed E-state index contributed by atoms with van der Waals surface area (Å²) in [5, 5.41) is 0. The number of hydrogen-bond donors (Lipinski definition) is 0. The molecule has 0 spiro atoms. The Morgan fingerprint density at radius 1 is 1.25 bits per heavy atom. The van der Waals surface area contributed by atoms with Crippen molar-refractivity contribution in [1.82, 2.24) is 9.97 Å². The summed E-state index contributed by atoms with van der Waals surface area (Å²) in [5.74, 6) is -0.948. The summed E-state index contributed by atoms with van der Waals surface area (Å²) in [6.07, 6.45) is -2.35. The Morgan fingerprint density at radius 2 is 2.00 bits per heavy atom. The van der Waals surface area contributed by atoms with E-state index in [-0.39, 0.29) is 11.7 Å². The first-order chi connectivity index (χ1) is 11.3. The minimum atomic E-state index is -4.64. The molecule has 8 heteroatoms. The summed E-state index contributed by atoms with van der Waals surface area (Å²) < 4.78 is 58.3. The molecule has 1 heterocycles. The molecular formula is C16H17F4N3O. The summed E-state index contributed by atoms with van der Waals surface area (Å²) in [6.45, 7) is 2.27. The molecule has 24 heavy (non-hydrogen) atoms. The van der Waals surface area contributed by atoms with Crippen molar-refractivity contribution in [2.45, 2.75) is 25.9 Å². The minimum Gasteiger partial charge on any atom is -0.463 e. The number of halogens is 4. The minimum absolute atomic E-state index is 0.144. The van der Waals surface area contributed by atoms with Crippen LogP contribution in [0.3, 0.4) is 0 Å². The molecule has 4 nitrogen and oxygen atoms in total. The van der Waals surface area contributed by atoms with E-state index in [1.165, 1.54) is 25.2 Å². The second-order valence-electron chi connectivity index (χ2n) is 5.13.